The van der Waals surface area contributed by atoms with Gasteiger partial charge >= 0.3 is 6.18 Å². The minimum atomic E-state index is -4.33. The SMILES string of the molecule is CCNC(C)c1cccc(OCOCC(F)(F)F)c1. The molecule has 108 valence electrons. The van der Waals surface area contributed by atoms with Gasteiger partial charge in [0, 0.05) is 6.04 Å². The lowest BCUT2D eigenvalue weighted by molar-refractivity contribution is -0.186. The van der Waals surface area contributed by atoms with Crippen molar-refractivity contribution in [2.75, 3.05) is 19.9 Å². The van der Waals surface area contributed by atoms with E-state index in [4.69, 9.17) is 4.74 Å². The predicted molar refractivity (Wildman–Crippen MR) is 66.0 cm³/mol. The number of ether oxygens (including phenoxy) is 2. The summed E-state index contributed by atoms with van der Waals surface area (Å²) in [6, 6.07) is 7.34. The molecule has 19 heavy (non-hydrogen) atoms. The maximum Gasteiger partial charge on any atom is 0.411 e. The quantitative estimate of drug-likeness (QED) is 0.613. The van der Waals surface area contributed by atoms with Crippen LogP contribution in [-0.2, 0) is 4.74 Å². The smallest absolute Gasteiger partial charge is 0.411 e. The number of rotatable bonds is 7. The van der Waals surface area contributed by atoms with Crippen LogP contribution in [0.25, 0.3) is 0 Å². The number of alkyl halides is 3. The molecule has 3 nitrogen and oxygen atoms in total. The summed E-state index contributed by atoms with van der Waals surface area (Å²) in [6.45, 7) is 3.12. The van der Waals surface area contributed by atoms with E-state index in [-0.39, 0.29) is 6.04 Å². The lowest BCUT2D eigenvalue weighted by atomic mass is 10.1. The summed E-state index contributed by atoms with van der Waals surface area (Å²) in [5.41, 5.74) is 1.01. The largest absolute Gasteiger partial charge is 0.468 e. The summed E-state index contributed by atoms with van der Waals surface area (Å²) < 4.78 is 45.0. The monoisotopic (exact) mass is 277 g/mol. The summed E-state index contributed by atoms with van der Waals surface area (Å²) in [6.07, 6.45) is -4.33. The molecule has 0 aliphatic heterocycles. The van der Waals surface area contributed by atoms with E-state index >= 15 is 0 Å². The molecule has 0 amide bonds. The van der Waals surface area contributed by atoms with Crippen molar-refractivity contribution in [1.82, 2.24) is 5.32 Å². The second-order valence-electron chi connectivity index (χ2n) is 4.08. The zero-order valence-electron chi connectivity index (χ0n) is 11.0. The summed E-state index contributed by atoms with van der Waals surface area (Å²) in [5, 5.41) is 3.24. The van der Waals surface area contributed by atoms with Crippen LogP contribution in [0.2, 0.25) is 0 Å². The van der Waals surface area contributed by atoms with E-state index < -0.39 is 19.6 Å². The first-order valence-electron chi connectivity index (χ1n) is 6.03. The van der Waals surface area contributed by atoms with Crippen LogP contribution in [0.15, 0.2) is 24.3 Å². The molecule has 1 atom stereocenters. The molecule has 0 aliphatic carbocycles. The zero-order valence-corrected chi connectivity index (χ0v) is 11.0. The molecule has 0 spiro atoms. The van der Waals surface area contributed by atoms with Crippen LogP contribution in [0.1, 0.15) is 25.5 Å². The molecular weight excluding hydrogens is 259 g/mol. The van der Waals surface area contributed by atoms with Crippen LogP contribution in [0.5, 0.6) is 5.75 Å². The van der Waals surface area contributed by atoms with E-state index in [1.807, 2.05) is 19.9 Å². The van der Waals surface area contributed by atoms with Gasteiger partial charge in [-0.2, -0.15) is 13.2 Å². The molecule has 1 rings (SSSR count). The van der Waals surface area contributed by atoms with Gasteiger partial charge in [0.1, 0.15) is 12.4 Å². The number of benzene rings is 1. The van der Waals surface area contributed by atoms with Crippen LogP contribution in [0, 0.1) is 0 Å². The van der Waals surface area contributed by atoms with Crippen LogP contribution >= 0.6 is 0 Å². The Balaban J connectivity index is 2.44. The van der Waals surface area contributed by atoms with Gasteiger partial charge in [-0.25, -0.2) is 0 Å². The van der Waals surface area contributed by atoms with Gasteiger partial charge in [-0.05, 0) is 31.2 Å². The van der Waals surface area contributed by atoms with E-state index in [0.717, 1.165) is 12.1 Å². The van der Waals surface area contributed by atoms with Crippen molar-refractivity contribution in [2.45, 2.75) is 26.1 Å². The molecule has 0 bridgehead atoms. The van der Waals surface area contributed by atoms with Gasteiger partial charge in [0.25, 0.3) is 0 Å². The normalized spacial score (nSPS) is 13.3. The summed E-state index contributed by atoms with van der Waals surface area (Å²) in [5.74, 6) is 0.490. The summed E-state index contributed by atoms with van der Waals surface area (Å²) in [4.78, 5) is 0. The molecule has 0 radical (unpaired) electrons. The van der Waals surface area contributed by atoms with Crippen molar-refractivity contribution in [1.29, 1.82) is 0 Å². The fourth-order valence-electron chi connectivity index (χ4n) is 1.56. The van der Waals surface area contributed by atoms with Crippen LogP contribution in [-0.4, -0.2) is 26.1 Å². The molecule has 0 aromatic heterocycles. The maximum absolute atomic E-state index is 11.8. The molecule has 0 aliphatic rings. The first kappa shape index (κ1) is 15.8. The van der Waals surface area contributed by atoms with E-state index in [1.165, 1.54) is 0 Å². The van der Waals surface area contributed by atoms with Crippen LogP contribution in [0.3, 0.4) is 0 Å². The van der Waals surface area contributed by atoms with Crippen molar-refractivity contribution in [3.05, 3.63) is 29.8 Å². The average Bonchev–Trinajstić information content (AvgIpc) is 2.34. The van der Waals surface area contributed by atoms with Gasteiger partial charge < -0.3 is 14.8 Å². The lowest BCUT2D eigenvalue weighted by Crippen LogP contribution is -2.19. The van der Waals surface area contributed by atoms with Crippen molar-refractivity contribution in [3.8, 4) is 5.75 Å². The van der Waals surface area contributed by atoms with E-state index in [9.17, 15) is 13.2 Å². The Morgan fingerprint density at radius 3 is 2.68 bits per heavy atom. The number of halogens is 3. The molecule has 1 unspecified atom stereocenters. The Morgan fingerprint density at radius 1 is 1.32 bits per heavy atom. The Morgan fingerprint density at radius 2 is 2.05 bits per heavy atom. The minimum absolute atomic E-state index is 0.157. The average molecular weight is 277 g/mol. The molecule has 0 heterocycles. The predicted octanol–water partition coefficient (Wildman–Crippen LogP) is 3.27. The molecule has 1 aromatic rings. The minimum Gasteiger partial charge on any atom is -0.468 e. The third kappa shape index (κ3) is 6.45. The van der Waals surface area contributed by atoms with E-state index in [2.05, 4.69) is 10.1 Å². The van der Waals surface area contributed by atoms with E-state index in [0.29, 0.717) is 5.75 Å². The topological polar surface area (TPSA) is 30.5 Å². The molecule has 0 fully saturated rings. The third-order valence-corrected chi connectivity index (χ3v) is 2.44. The van der Waals surface area contributed by atoms with Crippen LogP contribution < -0.4 is 10.1 Å². The van der Waals surface area contributed by atoms with E-state index in [1.54, 1.807) is 18.2 Å². The van der Waals surface area contributed by atoms with Crippen molar-refractivity contribution in [3.63, 3.8) is 0 Å². The summed E-state index contributed by atoms with van der Waals surface area (Å²) >= 11 is 0. The summed E-state index contributed by atoms with van der Waals surface area (Å²) in [7, 11) is 0. The Kier molecular flexibility index (Phi) is 6.11. The number of hydrogen-bond acceptors (Lipinski definition) is 3. The highest BCUT2D eigenvalue weighted by atomic mass is 19.4. The molecule has 0 saturated carbocycles. The Bertz CT molecular complexity index is 382. The van der Waals surface area contributed by atoms with Crippen molar-refractivity contribution < 1.29 is 22.6 Å². The first-order valence-corrected chi connectivity index (χ1v) is 6.03. The third-order valence-electron chi connectivity index (χ3n) is 2.44. The highest BCUT2D eigenvalue weighted by Crippen LogP contribution is 2.19. The molecular formula is C13H18F3NO2. The fourth-order valence-corrected chi connectivity index (χ4v) is 1.56. The highest BCUT2D eigenvalue weighted by molar-refractivity contribution is 5.30. The van der Waals surface area contributed by atoms with Crippen molar-refractivity contribution >= 4 is 0 Å². The van der Waals surface area contributed by atoms with Gasteiger partial charge in [-0.1, -0.05) is 19.1 Å². The standard InChI is InChI=1S/C13H18F3NO2/c1-3-17-10(2)11-5-4-6-12(7-11)19-9-18-8-13(14,15)16/h4-7,10,17H,3,8-9H2,1-2H3. The van der Waals surface area contributed by atoms with Crippen LogP contribution in [0.4, 0.5) is 13.2 Å². The van der Waals surface area contributed by atoms with Gasteiger partial charge in [-0.3, -0.25) is 0 Å². The second kappa shape index (κ2) is 7.35. The van der Waals surface area contributed by atoms with Gasteiger partial charge in [0.05, 0.1) is 0 Å². The molecule has 0 saturated heterocycles. The maximum atomic E-state index is 11.8. The Labute approximate surface area is 110 Å². The van der Waals surface area contributed by atoms with Crippen molar-refractivity contribution in [2.24, 2.45) is 0 Å². The second-order valence-corrected chi connectivity index (χ2v) is 4.08. The van der Waals surface area contributed by atoms with Gasteiger partial charge in [0.15, 0.2) is 6.79 Å². The molecule has 1 aromatic carbocycles. The molecule has 1 N–H and O–H groups in total. The fraction of sp³-hybridized carbons (Fsp3) is 0.538. The zero-order chi connectivity index (χ0) is 14.3. The molecule has 6 heteroatoms. The van der Waals surface area contributed by atoms with Gasteiger partial charge in [-0.15, -0.1) is 0 Å². The lowest BCUT2D eigenvalue weighted by Gasteiger charge is -2.14. The highest BCUT2D eigenvalue weighted by Gasteiger charge is 2.27. The van der Waals surface area contributed by atoms with Gasteiger partial charge in [0.2, 0.25) is 0 Å². The number of hydrogen-bond donors (Lipinski definition) is 1. The first-order chi connectivity index (χ1) is 8.92. The number of nitrogens with one attached hydrogen (secondary N) is 1. The Hall–Kier alpha value is -1.27.